The predicted octanol–water partition coefficient (Wildman–Crippen LogP) is 1.97. The van der Waals surface area contributed by atoms with Gasteiger partial charge in [-0.2, -0.15) is 0 Å². The van der Waals surface area contributed by atoms with Gasteiger partial charge in [-0.25, -0.2) is 0 Å². The molecule has 1 aliphatic rings. The number of benzene rings is 1. The number of hydrogen-bond donors (Lipinski definition) is 2. The first kappa shape index (κ1) is 12.7. The van der Waals surface area contributed by atoms with Crippen molar-refractivity contribution in [1.82, 2.24) is 4.98 Å². The summed E-state index contributed by atoms with van der Waals surface area (Å²) in [4.78, 5) is 4.14. The first-order valence-electron chi connectivity index (χ1n) is 6.37. The number of pyridine rings is 1. The summed E-state index contributed by atoms with van der Waals surface area (Å²) in [6, 6.07) is 8.23. The average molecular weight is 273 g/mol. The average Bonchev–Trinajstić information content (AvgIpc) is 2.45. The van der Waals surface area contributed by atoms with Gasteiger partial charge in [0.05, 0.1) is 5.69 Å². The van der Waals surface area contributed by atoms with Crippen LogP contribution in [0.5, 0.6) is 17.2 Å². The number of aliphatic hydroxyl groups is 1. The Labute approximate surface area is 116 Å². The highest BCUT2D eigenvalue weighted by molar-refractivity contribution is 5.43. The third-order valence-corrected chi connectivity index (χ3v) is 3.30. The zero-order valence-electron chi connectivity index (χ0n) is 11.0. The van der Waals surface area contributed by atoms with E-state index in [0.29, 0.717) is 17.1 Å². The molecule has 5 heteroatoms. The van der Waals surface area contributed by atoms with Crippen LogP contribution >= 0.6 is 0 Å². The Kier molecular flexibility index (Phi) is 3.20. The zero-order chi connectivity index (χ0) is 14.1. The molecule has 0 unspecified atom stereocenters. The number of nitrogens with zero attached hydrogens (tertiary/aromatic N) is 1. The van der Waals surface area contributed by atoms with Crippen LogP contribution in [0, 0.1) is 6.92 Å². The Hall–Kier alpha value is -2.27. The monoisotopic (exact) mass is 273 g/mol. The van der Waals surface area contributed by atoms with E-state index in [1.165, 1.54) is 12.1 Å². The second kappa shape index (κ2) is 5.02. The SMILES string of the molecule is Cc1ncccc1O[C@@H]1COc2ccc(O)cc2[C@@H]1O. The van der Waals surface area contributed by atoms with E-state index >= 15 is 0 Å². The lowest BCUT2D eigenvalue weighted by Crippen LogP contribution is -2.35. The Bertz CT molecular complexity index is 629. The van der Waals surface area contributed by atoms with E-state index in [0.717, 1.165) is 5.69 Å². The van der Waals surface area contributed by atoms with Gasteiger partial charge in [0.1, 0.15) is 30.0 Å². The molecule has 0 radical (unpaired) electrons. The van der Waals surface area contributed by atoms with E-state index in [-0.39, 0.29) is 12.4 Å². The predicted molar refractivity (Wildman–Crippen MR) is 72.0 cm³/mol. The standard InChI is InChI=1S/C15H15NO4/c1-9-12(3-2-6-16-9)20-14-8-19-13-5-4-10(17)7-11(13)15(14)18/h2-7,14-15,17-18H,8H2,1H3/t14-,15+/m1/s1. The maximum Gasteiger partial charge on any atom is 0.163 e. The largest absolute Gasteiger partial charge is 0.508 e. The van der Waals surface area contributed by atoms with Gasteiger partial charge >= 0.3 is 0 Å². The van der Waals surface area contributed by atoms with Crippen LogP contribution in [0.1, 0.15) is 17.4 Å². The smallest absolute Gasteiger partial charge is 0.163 e. The van der Waals surface area contributed by atoms with E-state index in [2.05, 4.69) is 4.98 Å². The molecule has 2 atom stereocenters. The Balaban J connectivity index is 1.85. The Morgan fingerprint density at radius 2 is 2.20 bits per heavy atom. The molecule has 0 saturated heterocycles. The summed E-state index contributed by atoms with van der Waals surface area (Å²) in [5.74, 6) is 1.27. The molecular formula is C15H15NO4. The molecule has 1 aromatic heterocycles. The maximum atomic E-state index is 10.4. The summed E-state index contributed by atoms with van der Waals surface area (Å²) < 4.78 is 11.3. The van der Waals surface area contributed by atoms with Crippen molar-refractivity contribution in [2.24, 2.45) is 0 Å². The molecule has 0 bridgehead atoms. The first-order valence-corrected chi connectivity index (χ1v) is 6.37. The third-order valence-electron chi connectivity index (χ3n) is 3.30. The Morgan fingerprint density at radius 3 is 3.00 bits per heavy atom. The molecule has 2 heterocycles. The van der Waals surface area contributed by atoms with E-state index in [9.17, 15) is 10.2 Å². The van der Waals surface area contributed by atoms with Gasteiger partial charge in [-0.1, -0.05) is 0 Å². The van der Waals surface area contributed by atoms with E-state index in [1.807, 2.05) is 6.92 Å². The van der Waals surface area contributed by atoms with Gasteiger partial charge in [0.15, 0.2) is 6.10 Å². The number of aromatic hydroxyl groups is 1. The Morgan fingerprint density at radius 1 is 1.35 bits per heavy atom. The van der Waals surface area contributed by atoms with E-state index < -0.39 is 12.2 Å². The highest BCUT2D eigenvalue weighted by atomic mass is 16.5. The maximum absolute atomic E-state index is 10.4. The fourth-order valence-corrected chi connectivity index (χ4v) is 2.22. The number of aromatic nitrogens is 1. The number of aliphatic hydroxyl groups excluding tert-OH is 1. The molecule has 2 N–H and O–H groups in total. The molecular weight excluding hydrogens is 258 g/mol. The number of ether oxygens (including phenoxy) is 2. The van der Waals surface area contributed by atoms with Crippen molar-refractivity contribution in [2.45, 2.75) is 19.1 Å². The summed E-state index contributed by atoms with van der Waals surface area (Å²) in [5, 5.41) is 19.9. The second-order valence-corrected chi connectivity index (χ2v) is 4.72. The van der Waals surface area contributed by atoms with Crippen LogP contribution in [0.2, 0.25) is 0 Å². The molecule has 5 nitrogen and oxygen atoms in total. The lowest BCUT2D eigenvalue weighted by atomic mass is 10.0. The zero-order valence-corrected chi connectivity index (χ0v) is 11.0. The third kappa shape index (κ3) is 2.28. The number of phenolic OH excluding ortho intramolecular Hbond substituents is 1. The summed E-state index contributed by atoms with van der Waals surface area (Å²) in [6.07, 6.45) is 0.293. The molecule has 2 aromatic rings. The molecule has 0 aliphatic carbocycles. The van der Waals surface area contributed by atoms with Gasteiger partial charge in [0.2, 0.25) is 0 Å². The van der Waals surface area contributed by atoms with Crippen LogP contribution < -0.4 is 9.47 Å². The minimum absolute atomic E-state index is 0.0876. The summed E-state index contributed by atoms with van der Waals surface area (Å²) in [5.41, 5.74) is 1.28. The van der Waals surface area contributed by atoms with Crippen molar-refractivity contribution < 1.29 is 19.7 Å². The lowest BCUT2D eigenvalue weighted by Gasteiger charge is -2.30. The van der Waals surface area contributed by atoms with E-state index in [4.69, 9.17) is 9.47 Å². The fraction of sp³-hybridized carbons (Fsp3) is 0.267. The summed E-state index contributed by atoms with van der Waals surface area (Å²) >= 11 is 0. The molecule has 1 aromatic carbocycles. The van der Waals surface area contributed by atoms with Crippen LogP contribution in [0.4, 0.5) is 0 Å². The molecule has 1 aliphatic heterocycles. The summed E-state index contributed by atoms with van der Waals surface area (Å²) in [6.45, 7) is 2.08. The molecule has 104 valence electrons. The normalized spacial score (nSPS) is 20.9. The van der Waals surface area contributed by atoms with Crippen LogP contribution in [0.15, 0.2) is 36.5 Å². The van der Waals surface area contributed by atoms with Crippen molar-refractivity contribution in [3.05, 3.63) is 47.8 Å². The van der Waals surface area contributed by atoms with Crippen molar-refractivity contribution >= 4 is 0 Å². The van der Waals surface area contributed by atoms with Gasteiger partial charge in [-0.05, 0) is 37.3 Å². The van der Waals surface area contributed by atoms with Gasteiger partial charge in [0, 0.05) is 11.8 Å². The quantitative estimate of drug-likeness (QED) is 0.875. The topological polar surface area (TPSA) is 71.8 Å². The number of hydrogen-bond acceptors (Lipinski definition) is 5. The molecule has 20 heavy (non-hydrogen) atoms. The number of phenols is 1. The molecule has 0 fully saturated rings. The number of aryl methyl sites for hydroxylation is 1. The van der Waals surface area contributed by atoms with Crippen LogP contribution in [0.25, 0.3) is 0 Å². The van der Waals surface area contributed by atoms with Gasteiger partial charge in [0.25, 0.3) is 0 Å². The van der Waals surface area contributed by atoms with Gasteiger partial charge in [-0.3, -0.25) is 4.98 Å². The fourth-order valence-electron chi connectivity index (χ4n) is 2.22. The van der Waals surface area contributed by atoms with Crippen LogP contribution in [0.3, 0.4) is 0 Å². The molecule has 0 spiro atoms. The van der Waals surface area contributed by atoms with Crippen LogP contribution in [-0.2, 0) is 0 Å². The lowest BCUT2D eigenvalue weighted by molar-refractivity contribution is -0.0109. The highest BCUT2D eigenvalue weighted by Gasteiger charge is 2.31. The second-order valence-electron chi connectivity index (χ2n) is 4.72. The van der Waals surface area contributed by atoms with E-state index in [1.54, 1.807) is 24.4 Å². The minimum atomic E-state index is -0.856. The molecule has 0 saturated carbocycles. The van der Waals surface area contributed by atoms with Crippen molar-refractivity contribution in [2.75, 3.05) is 6.61 Å². The molecule has 0 amide bonds. The number of rotatable bonds is 2. The van der Waals surface area contributed by atoms with Crippen molar-refractivity contribution in [1.29, 1.82) is 0 Å². The van der Waals surface area contributed by atoms with Crippen molar-refractivity contribution in [3.8, 4) is 17.2 Å². The highest BCUT2D eigenvalue weighted by Crippen LogP contribution is 2.36. The molecule has 3 rings (SSSR count). The van der Waals surface area contributed by atoms with Crippen molar-refractivity contribution in [3.63, 3.8) is 0 Å². The van der Waals surface area contributed by atoms with Gasteiger partial charge < -0.3 is 19.7 Å². The number of fused-ring (bicyclic) bond motifs is 1. The first-order chi connectivity index (χ1) is 9.65. The van der Waals surface area contributed by atoms with Gasteiger partial charge in [-0.15, -0.1) is 0 Å². The van der Waals surface area contributed by atoms with Crippen LogP contribution in [-0.4, -0.2) is 27.9 Å². The summed E-state index contributed by atoms with van der Waals surface area (Å²) in [7, 11) is 0. The minimum Gasteiger partial charge on any atom is -0.508 e.